The normalized spacial score (nSPS) is 14.5. The molecule has 1 aromatic carbocycles. The topological polar surface area (TPSA) is 95.7 Å². The number of benzene rings is 1. The van der Waals surface area contributed by atoms with Gasteiger partial charge in [-0.2, -0.15) is 0 Å². The van der Waals surface area contributed by atoms with E-state index in [0.717, 1.165) is 0 Å². The molecule has 82 valence electrons. The molecule has 0 aliphatic carbocycles. The van der Waals surface area contributed by atoms with Crippen LogP contribution in [0.1, 0.15) is 5.56 Å². The maximum atomic E-state index is 10.6. The van der Waals surface area contributed by atoms with Gasteiger partial charge in [-0.1, -0.05) is 11.8 Å². The Labute approximate surface area is 90.5 Å². The number of rotatable bonds is 4. The summed E-state index contributed by atoms with van der Waals surface area (Å²) < 4.78 is 4.47. The third kappa shape index (κ3) is 4.46. The molecule has 1 rings (SSSR count). The molecular formula is C7H7NO5PS-. The van der Waals surface area contributed by atoms with E-state index in [0.29, 0.717) is 5.56 Å². The molecule has 0 amide bonds. The van der Waals surface area contributed by atoms with Crippen molar-refractivity contribution >= 4 is 24.2 Å². The van der Waals surface area contributed by atoms with E-state index >= 15 is 0 Å². The van der Waals surface area contributed by atoms with E-state index < -0.39 is 11.6 Å². The lowest BCUT2D eigenvalue weighted by molar-refractivity contribution is -0.384. The minimum Gasteiger partial charge on any atom is -0.780 e. The Hall–Kier alpha value is -0.850. The summed E-state index contributed by atoms with van der Waals surface area (Å²) in [6, 6.07) is 5.43. The van der Waals surface area contributed by atoms with Gasteiger partial charge in [-0.15, -0.1) is 0 Å². The lowest BCUT2D eigenvalue weighted by atomic mass is 10.2. The summed E-state index contributed by atoms with van der Waals surface area (Å²) >= 11 is 4.13. The molecule has 0 radical (unpaired) electrons. The predicted octanol–water partition coefficient (Wildman–Crippen LogP) is 0.688. The Bertz CT molecular complexity index is 400. The van der Waals surface area contributed by atoms with E-state index in [4.69, 9.17) is 4.89 Å². The number of nitrogens with zero attached hydrogens (tertiary/aromatic N) is 1. The highest BCUT2D eigenvalue weighted by Crippen LogP contribution is 2.32. The number of hydrogen-bond acceptors (Lipinski definition) is 5. The standard InChI is InChI=1S/C7H8NO5PS/c9-8(10)7-3-1-6(2-4-7)5-13-14(11,12)15/h1-4H,5H2,(H2,11,12,15)/p-1. The van der Waals surface area contributed by atoms with Crippen molar-refractivity contribution in [1.29, 1.82) is 0 Å². The van der Waals surface area contributed by atoms with Crippen molar-refractivity contribution in [2.75, 3.05) is 0 Å². The van der Waals surface area contributed by atoms with Crippen LogP contribution in [0.5, 0.6) is 0 Å². The van der Waals surface area contributed by atoms with Crippen LogP contribution in [0.25, 0.3) is 0 Å². The van der Waals surface area contributed by atoms with Gasteiger partial charge in [0.15, 0.2) is 0 Å². The van der Waals surface area contributed by atoms with E-state index in [1.54, 1.807) is 0 Å². The average Bonchev–Trinajstić information content (AvgIpc) is 2.14. The molecule has 1 aromatic rings. The van der Waals surface area contributed by atoms with Crippen molar-refractivity contribution in [3.63, 3.8) is 0 Å². The van der Waals surface area contributed by atoms with Crippen LogP contribution < -0.4 is 4.89 Å². The average molecular weight is 248 g/mol. The Morgan fingerprint density at radius 1 is 1.47 bits per heavy atom. The maximum Gasteiger partial charge on any atom is 0.269 e. The molecule has 1 atom stereocenters. The number of hydrogen-bond donors (Lipinski definition) is 1. The molecule has 0 aliphatic heterocycles. The van der Waals surface area contributed by atoms with Gasteiger partial charge in [0.1, 0.15) is 6.72 Å². The first-order valence-electron chi connectivity index (χ1n) is 3.80. The maximum absolute atomic E-state index is 10.6. The number of non-ortho nitro benzene ring substituents is 1. The predicted molar refractivity (Wildman–Crippen MR) is 54.4 cm³/mol. The zero-order valence-corrected chi connectivity index (χ0v) is 9.11. The monoisotopic (exact) mass is 248 g/mol. The molecule has 15 heavy (non-hydrogen) atoms. The molecule has 0 saturated heterocycles. The van der Waals surface area contributed by atoms with Crippen molar-refractivity contribution < 1.29 is 19.2 Å². The van der Waals surface area contributed by atoms with Gasteiger partial charge in [-0.25, -0.2) is 0 Å². The van der Waals surface area contributed by atoms with E-state index in [1.165, 1.54) is 24.3 Å². The molecule has 0 saturated carbocycles. The minimum atomic E-state index is -3.91. The van der Waals surface area contributed by atoms with Crippen molar-refractivity contribution in [2.45, 2.75) is 6.61 Å². The second kappa shape index (κ2) is 4.78. The van der Waals surface area contributed by atoms with E-state index in [-0.39, 0.29) is 12.3 Å². The van der Waals surface area contributed by atoms with Crippen LogP contribution in [0.15, 0.2) is 24.3 Å². The van der Waals surface area contributed by atoms with Crippen LogP contribution in [0.4, 0.5) is 5.69 Å². The Morgan fingerprint density at radius 2 is 2.00 bits per heavy atom. The Kier molecular flexibility index (Phi) is 3.90. The smallest absolute Gasteiger partial charge is 0.269 e. The van der Waals surface area contributed by atoms with Gasteiger partial charge in [0, 0.05) is 12.1 Å². The lowest BCUT2D eigenvalue weighted by Crippen LogP contribution is -2.02. The van der Waals surface area contributed by atoms with Gasteiger partial charge in [0.05, 0.1) is 11.5 Å². The second-order valence-electron chi connectivity index (χ2n) is 2.67. The summed E-state index contributed by atoms with van der Waals surface area (Å²) in [5.41, 5.74) is 0.490. The van der Waals surface area contributed by atoms with Gasteiger partial charge in [0.25, 0.3) is 5.69 Å². The molecule has 0 spiro atoms. The lowest BCUT2D eigenvalue weighted by Gasteiger charge is -2.19. The fourth-order valence-electron chi connectivity index (χ4n) is 0.870. The van der Waals surface area contributed by atoms with Crippen LogP contribution in [-0.2, 0) is 22.9 Å². The van der Waals surface area contributed by atoms with Crippen LogP contribution in [0.2, 0.25) is 0 Å². The highest BCUT2D eigenvalue weighted by atomic mass is 32.5. The third-order valence-electron chi connectivity index (χ3n) is 1.54. The first-order valence-corrected chi connectivity index (χ1v) is 6.39. The molecule has 1 unspecified atom stereocenters. The van der Waals surface area contributed by atoms with Crippen LogP contribution in [-0.4, -0.2) is 9.82 Å². The summed E-state index contributed by atoms with van der Waals surface area (Å²) in [7, 11) is 0. The SMILES string of the molecule is O=[N+]([O-])c1ccc(COP([O-])(O)=S)cc1. The molecule has 1 N–H and O–H groups in total. The zero-order chi connectivity index (χ0) is 11.5. The zero-order valence-electron chi connectivity index (χ0n) is 7.40. The summed E-state index contributed by atoms with van der Waals surface area (Å²) in [6.07, 6.45) is 0. The van der Waals surface area contributed by atoms with Gasteiger partial charge in [-0.3, -0.25) is 10.1 Å². The molecule has 8 heteroatoms. The van der Waals surface area contributed by atoms with Crippen molar-refractivity contribution in [3.05, 3.63) is 39.9 Å². The summed E-state index contributed by atoms with van der Waals surface area (Å²) in [4.78, 5) is 29.0. The highest BCUT2D eigenvalue weighted by Gasteiger charge is 2.04. The van der Waals surface area contributed by atoms with Crippen molar-refractivity contribution in [3.8, 4) is 0 Å². The fourth-order valence-corrected chi connectivity index (χ4v) is 1.34. The van der Waals surface area contributed by atoms with Crippen LogP contribution in [0.3, 0.4) is 0 Å². The molecule has 0 heterocycles. The number of nitro groups is 1. The fraction of sp³-hybridized carbons (Fsp3) is 0.143. The summed E-state index contributed by atoms with van der Waals surface area (Å²) in [6.45, 7) is -4.06. The first kappa shape index (κ1) is 12.2. The summed E-state index contributed by atoms with van der Waals surface area (Å²) in [5, 5.41) is 10.3. The third-order valence-corrected chi connectivity index (χ3v) is 2.31. The van der Waals surface area contributed by atoms with Gasteiger partial charge in [-0.05, 0) is 17.7 Å². The van der Waals surface area contributed by atoms with Crippen LogP contribution in [0, 0.1) is 10.1 Å². The highest BCUT2D eigenvalue weighted by molar-refractivity contribution is 8.06. The van der Waals surface area contributed by atoms with E-state index in [2.05, 4.69) is 16.3 Å². The summed E-state index contributed by atoms with van der Waals surface area (Å²) in [5.74, 6) is 0. The van der Waals surface area contributed by atoms with Gasteiger partial charge >= 0.3 is 0 Å². The molecule has 0 aliphatic rings. The van der Waals surface area contributed by atoms with E-state index in [9.17, 15) is 15.0 Å². The largest absolute Gasteiger partial charge is 0.780 e. The molecule has 0 fully saturated rings. The quantitative estimate of drug-likeness (QED) is 0.478. The van der Waals surface area contributed by atoms with Crippen molar-refractivity contribution in [1.82, 2.24) is 0 Å². The molecule has 0 aromatic heterocycles. The van der Waals surface area contributed by atoms with Gasteiger partial charge in [0.2, 0.25) is 0 Å². The molecule has 6 nitrogen and oxygen atoms in total. The first-order chi connectivity index (χ1) is 6.88. The van der Waals surface area contributed by atoms with Gasteiger partial charge < -0.3 is 14.3 Å². The molecule has 0 bridgehead atoms. The Morgan fingerprint density at radius 3 is 2.40 bits per heavy atom. The number of nitro benzene ring substituents is 1. The Balaban J connectivity index is 2.65. The second-order valence-corrected chi connectivity index (χ2v) is 5.25. The van der Waals surface area contributed by atoms with Crippen LogP contribution >= 0.6 is 6.72 Å². The van der Waals surface area contributed by atoms with Crippen molar-refractivity contribution in [2.24, 2.45) is 0 Å². The minimum absolute atomic E-state index is 0.0516. The van der Waals surface area contributed by atoms with E-state index in [1.807, 2.05) is 0 Å². The molecular weight excluding hydrogens is 241 g/mol.